The summed E-state index contributed by atoms with van der Waals surface area (Å²) in [6, 6.07) is 1.30. The molecule has 2 rings (SSSR count). The van der Waals surface area contributed by atoms with Crippen LogP contribution in [-0.2, 0) is 14.0 Å². The van der Waals surface area contributed by atoms with Crippen molar-refractivity contribution in [3.05, 3.63) is 34.8 Å². The summed E-state index contributed by atoms with van der Waals surface area (Å²) in [6.45, 7) is 7.28. The van der Waals surface area contributed by atoms with Crippen LogP contribution in [0.2, 0.25) is 0 Å². The third kappa shape index (κ3) is 3.50. The maximum absolute atomic E-state index is 13.6. The highest BCUT2D eigenvalue weighted by atomic mass is 19.1. The Hall–Kier alpha value is -1.77. The molecule has 1 aromatic heterocycles. The zero-order chi connectivity index (χ0) is 18.1. The van der Waals surface area contributed by atoms with Gasteiger partial charge in [0, 0.05) is 6.20 Å². The average molecular weight is 337 g/mol. The molecule has 1 aliphatic heterocycles. The molecule has 0 aromatic carbocycles. The summed E-state index contributed by atoms with van der Waals surface area (Å²) >= 11 is 0. The second-order valence-electron chi connectivity index (χ2n) is 6.56. The van der Waals surface area contributed by atoms with Crippen molar-refractivity contribution in [3.8, 4) is 0 Å². The quantitative estimate of drug-likeness (QED) is 0.515. The molecule has 8 heteroatoms. The van der Waals surface area contributed by atoms with Crippen LogP contribution in [0.1, 0.15) is 43.6 Å². The van der Waals surface area contributed by atoms with E-state index in [4.69, 9.17) is 9.31 Å². The van der Waals surface area contributed by atoms with Gasteiger partial charge >= 0.3 is 13.1 Å². The van der Waals surface area contributed by atoms with Crippen LogP contribution in [-0.4, -0.2) is 48.1 Å². The van der Waals surface area contributed by atoms with Gasteiger partial charge < -0.3 is 19.2 Å². The van der Waals surface area contributed by atoms with Gasteiger partial charge in [0.1, 0.15) is 5.56 Å². The molecule has 1 N–H and O–H groups in total. The maximum atomic E-state index is 13.6. The molecule has 24 heavy (non-hydrogen) atoms. The fraction of sp³-hybridized carbons (Fsp3) is 0.500. The molecule has 1 aromatic rings. The number of rotatable bonds is 4. The van der Waals surface area contributed by atoms with Crippen molar-refractivity contribution in [3.63, 3.8) is 0 Å². The number of aromatic nitrogens is 1. The van der Waals surface area contributed by atoms with Gasteiger partial charge in [0.2, 0.25) is 5.95 Å². The molecule has 0 atom stereocenters. The van der Waals surface area contributed by atoms with E-state index < -0.39 is 30.2 Å². The molecule has 1 aliphatic rings. The first-order valence-electron chi connectivity index (χ1n) is 7.52. The molecule has 2 heterocycles. The van der Waals surface area contributed by atoms with E-state index in [0.29, 0.717) is 11.0 Å². The van der Waals surface area contributed by atoms with Gasteiger partial charge in [-0.05, 0) is 44.8 Å². The molecule has 0 radical (unpaired) electrons. The van der Waals surface area contributed by atoms with Crippen LogP contribution >= 0.6 is 0 Å². The van der Waals surface area contributed by atoms with E-state index >= 15 is 0 Å². The Labute approximate surface area is 140 Å². The average Bonchev–Trinajstić information content (AvgIpc) is 2.73. The van der Waals surface area contributed by atoms with E-state index in [-0.39, 0.29) is 12.2 Å². The van der Waals surface area contributed by atoms with Crippen LogP contribution in [0, 0.1) is 5.95 Å². The minimum Gasteiger partial charge on any atom is -0.465 e. The normalized spacial score (nSPS) is 19.5. The number of nitrogens with zero attached hydrogens (tertiary/aromatic N) is 1. The molecule has 0 unspecified atom stereocenters. The molecule has 0 amide bonds. The van der Waals surface area contributed by atoms with Gasteiger partial charge in [-0.25, -0.2) is 9.78 Å². The highest BCUT2D eigenvalue weighted by Crippen LogP contribution is 2.38. The number of aliphatic hydroxyl groups is 1. The fourth-order valence-corrected chi connectivity index (χ4v) is 2.19. The summed E-state index contributed by atoms with van der Waals surface area (Å²) in [4.78, 5) is 15.1. The summed E-state index contributed by atoms with van der Waals surface area (Å²) in [7, 11) is 0.417. The molecular weight excluding hydrogens is 316 g/mol. The van der Waals surface area contributed by atoms with Crippen molar-refractivity contribution in [1.29, 1.82) is 0 Å². The Balaban J connectivity index is 2.34. The number of aliphatic hydroxyl groups excluding tert-OH is 1. The minimum absolute atomic E-state index is 0.280. The van der Waals surface area contributed by atoms with Crippen LogP contribution < -0.4 is 0 Å². The number of carbonyl (C=O) groups excluding carboxylic acids is 1. The molecule has 0 aliphatic carbocycles. The van der Waals surface area contributed by atoms with Crippen molar-refractivity contribution in [2.24, 2.45) is 0 Å². The topological polar surface area (TPSA) is 77.9 Å². The smallest absolute Gasteiger partial charge is 0.465 e. The Kier molecular flexibility index (Phi) is 5.12. The first kappa shape index (κ1) is 18.6. The first-order chi connectivity index (χ1) is 11.1. The van der Waals surface area contributed by atoms with E-state index in [9.17, 15) is 14.3 Å². The predicted molar refractivity (Wildman–Crippen MR) is 86.7 cm³/mol. The van der Waals surface area contributed by atoms with Crippen molar-refractivity contribution in [1.82, 2.24) is 4.98 Å². The Bertz CT molecular complexity index is 658. The highest BCUT2D eigenvalue weighted by Gasteiger charge is 2.52. The lowest BCUT2D eigenvalue weighted by Gasteiger charge is -2.32. The monoisotopic (exact) mass is 337 g/mol. The lowest BCUT2D eigenvalue weighted by molar-refractivity contribution is 0.00578. The van der Waals surface area contributed by atoms with Gasteiger partial charge in [-0.1, -0.05) is 6.08 Å². The summed E-state index contributed by atoms with van der Waals surface area (Å²) in [6.07, 6.45) is 2.81. The molecule has 0 bridgehead atoms. The molecule has 130 valence electrons. The first-order valence-corrected chi connectivity index (χ1v) is 7.52. The number of methoxy groups -OCH3 is 1. The van der Waals surface area contributed by atoms with E-state index in [0.717, 1.165) is 7.11 Å². The molecule has 0 saturated carbocycles. The summed E-state index contributed by atoms with van der Waals surface area (Å²) < 4.78 is 29.9. The van der Waals surface area contributed by atoms with Crippen LogP contribution in [0.4, 0.5) is 4.39 Å². The molecule has 1 fully saturated rings. The third-order valence-electron chi connectivity index (χ3n) is 4.36. The zero-order valence-electron chi connectivity index (χ0n) is 14.4. The van der Waals surface area contributed by atoms with Gasteiger partial charge in [-0.3, -0.25) is 0 Å². The van der Waals surface area contributed by atoms with Crippen LogP contribution in [0.3, 0.4) is 0 Å². The Morgan fingerprint density at radius 3 is 2.46 bits per heavy atom. The van der Waals surface area contributed by atoms with Crippen molar-refractivity contribution < 1.29 is 28.3 Å². The molecule has 1 saturated heterocycles. The summed E-state index contributed by atoms with van der Waals surface area (Å²) in [5.41, 5.74) is -0.514. The number of ether oxygens (including phenoxy) is 1. The minimum atomic E-state index is -0.916. The second-order valence-corrected chi connectivity index (χ2v) is 6.56. The van der Waals surface area contributed by atoms with Gasteiger partial charge in [0.25, 0.3) is 0 Å². The molecule has 0 spiro atoms. The van der Waals surface area contributed by atoms with Crippen molar-refractivity contribution in [2.45, 2.75) is 38.9 Å². The van der Waals surface area contributed by atoms with Gasteiger partial charge in [0.15, 0.2) is 0 Å². The largest absolute Gasteiger partial charge is 0.492 e. The van der Waals surface area contributed by atoms with E-state index in [1.54, 1.807) is 6.08 Å². The molecule has 6 nitrogen and oxygen atoms in total. The highest BCUT2D eigenvalue weighted by molar-refractivity contribution is 6.55. The number of halogens is 1. The summed E-state index contributed by atoms with van der Waals surface area (Å²) in [5.74, 6) is -1.74. The third-order valence-corrected chi connectivity index (χ3v) is 4.36. The Morgan fingerprint density at radius 1 is 1.38 bits per heavy atom. The van der Waals surface area contributed by atoms with Crippen LogP contribution in [0.5, 0.6) is 0 Å². The predicted octanol–water partition coefficient (Wildman–Crippen LogP) is 2.01. The van der Waals surface area contributed by atoms with E-state index in [1.807, 2.05) is 27.7 Å². The Morgan fingerprint density at radius 2 is 1.96 bits per heavy atom. The number of pyridine rings is 1. The summed E-state index contributed by atoms with van der Waals surface area (Å²) in [5, 5.41) is 9.65. The number of esters is 1. The van der Waals surface area contributed by atoms with Gasteiger partial charge in [-0.2, -0.15) is 4.39 Å². The SMILES string of the molecule is COC(=O)c1cc(C=C(CO)B2OC(C)(C)C(C)(C)O2)cnc1F. The number of carbonyl (C=O) groups is 1. The number of hydrogen-bond donors (Lipinski definition) is 1. The van der Waals surface area contributed by atoms with Crippen molar-refractivity contribution >= 4 is 19.2 Å². The van der Waals surface area contributed by atoms with Crippen LogP contribution in [0.25, 0.3) is 6.08 Å². The lowest BCUT2D eigenvalue weighted by Crippen LogP contribution is -2.41. The second kappa shape index (κ2) is 6.62. The van der Waals surface area contributed by atoms with Gasteiger partial charge in [-0.15, -0.1) is 0 Å². The fourth-order valence-electron chi connectivity index (χ4n) is 2.19. The molecular formula is C16H21BFNO5. The zero-order valence-corrected chi connectivity index (χ0v) is 14.4. The van der Waals surface area contributed by atoms with E-state index in [1.165, 1.54) is 12.3 Å². The van der Waals surface area contributed by atoms with Crippen molar-refractivity contribution in [2.75, 3.05) is 13.7 Å². The lowest BCUT2D eigenvalue weighted by atomic mass is 9.77. The standard InChI is InChI=1S/C16H21BFNO5/c1-15(2)16(3,4)24-17(23-15)11(9-20)6-10-7-12(14(21)22-5)13(18)19-8-10/h6-8,20H,9H2,1-5H3. The maximum Gasteiger partial charge on any atom is 0.492 e. The van der Waals surface area contributed by atoms with Gasteiger partial charge in [0.05, 0.1) is 24.9 Å². The van der Waals surface area contributed by atoms with E-state index in [2.05, 4.69) is 9.72 Å². The van der Waals surface area contributed by atoms with Crippen LogP contribution in [0.15, 0.2) is 17.7 Å². The number of hydrogen-bond acceptors (Lipinski definition) is 6.